The number of hydrogen-bond donors (Lipinski definition) is 1. The number of hydrogen-bond acceptors (Lipinski definition) is 3. The Morgan fingerprint density at radius 1 is 1.18 bits per heavy atom. The first-order valence-electron chi connectivity index (χ1n) is 6.65. The van der Waals surface area contributed by atoms with E-state index in [-0.39, 0.29) is 17.1 Å². The second-order valence-corrected chi connectivity index (χ2v) is 6.26. The highest BCUT2D eigenvalue weighted by atomic mass is 16.6. The largest absolute Gasteiger partial charge is 0.449 e. The highest BCUT2D eigenvalue weighted by molar-refractivity contribution is 5.86. The molecule has 3 heteroatoms. The molecule has 1 fully saturated rings. The zero-order chi connectivity index (χ0) is 12.5. The maximum atomic E-state index is 11.6. The van der Waals surface area contributed by atoms with Crippen molar-refractivity contribution in [3.8, 4) is 0 Å². The third-order valence-corrected chi connectivity index (χ3v) is 3.47. The van der Waals surface area contributed by atoms with E-state index in [0.29, 0.717) is 0 Å². The smallest absolute Gasteiger partial charge is 0.333 e. The molecule has 1 N–H and O–H groups in total. The van der Waals surface area contributed by atoms with Crippen molar-refractivity contribution in [1.29, 1.82) is 0 Å². The lowest BCUT2D eigenvalue weighted by Crippen LogP contribution is -2.44. The van der Waals surface area contributed by atoms with Crippen LogP contribution < -0.4 is 5.32 Å². The molecule has 0 unspecified atom stereocenters. The maximum absolute atomic E-state index is 11.6. The van der Waals surface area contributed by atoms with E-state index < -0.39 is 0 Å². The highest BCUT2D eigenvalue weighted by Gasteiger charge is 2.44. The van der Waals surface area contributed by atoms with Gasteiger partial charge in [0.2, 0.25) is 0 Å². The number of nitrogens with one attached hydrogen (secondary N) is 1. The SMILES string of the molecule is CC(C)(C)NC1=CC(=O)OC12CCCCCC2. The van der Waals surface area contributed by atoms with E-state index in [1.165, 1.54) is 12.8 Å². The van der Waals surface area contributed by atoms with Crippen LogP contribution in [-0.4, -0.2) is 17.1 Å². The van der Waals surface area contributed by atoms with Crippen LogP contribution in [0.5, 0.6) is 0 Å². The molecule has 0 atom stereocenters. The molecule has 17 heavy (non-hydrogen) atoms. The van der Waals surface area contributed by atoms with Gasteiger partial charge in [0.05, 0.1) is 5.70 Å². The third-order valence-electron chi connectivity index (χ3n) is 3.47. The van der Waals surface area contributed by atoms with Crippen molar-refractivity contribution >= 4 is 5.97 Å². The summed E-state index contributed by atoms with van der Waals surface area (Å²) in [4.78, 5) is 11.6. The van der Waals surface area contributed by atoms with Gasteiger partial charge in [-0.3, -0.25) is 0 Å². The van der Waals surface area contributed by atoms with E-state index in [9.17, 15) is 4.79 Å². The summed E-state index contributed by atoms with van der Waals surface area (Å²) in [5.41, 5.74) is 0.622. The van der Waals surface area contributed by atoms with Crippen LogP contribution in [0.1, 0.15) is 59.3 Å². The number of esters is 1. The van der Waals surface area contributed by atoms with Crippen LogP contribution in [0.15, 0.2) is 11.8 Å². The number of rotatable bonds is 1. The first kappa shape index (κ1) is 12.5. The highest BCUT2D eigenvalue weighted by Crippen LogP contribution is 2.39. The summed E-state index contributed by atoms with van der Waals surface area (Å²) < 4.78 is 5.63. The molecule has 1 heterocycles. The van der Waals surface area contributed by atoms with Gasteiger partial charge >= 0.3 is 5.97 Å². The Kier molecular flexibility index (Phi) is 3.19. The fraction of sp³-hybridized carbons (Fsp3) is 0.786. The topological polar surface area (TPSA) is 38.3 Å². The molecular weight excluding hydrogens is 214 g/mol. The Morgan fingerprint density at radius 3 is 2.29 bits per heavy atom. The van der Waals surface area contributed by atoms with Crippen LogP contribution in [0.3, 0.4) is 0 Å². The van der Waals surface area contributed by atoms with Crippen molar-refractivity contribution in [2.45, 2.75) is 70.4 Å². The van der Waals surface area contributed by atoms with Crippen LogP contribution >= 0.6 is 0 Å². The summed E-state index contributed by atoms with van der Waals surface area (Å²) in [7, 11) is 0. The summed E-state index contributed by atoms with van der Waals surface area (Å²) >= 11 is 0. The normalized spacial score (nSPS) is 24.2. The van der Waals surface area contributed by atoms with Crippen LogP contribution in [0, 0.1) is 0 Å². The molecule has 96 valence electrons. The molecule has 0 aromatic rings. The lowest BCUT2D eigenvalue weighted by atomic mass is 9.90. The van der Waals surface area contributed by atoms with Gasteiger partial charge in [0.15, 0.2) is 5.60 Å². The molecule has 2 rings (SSSR count). The predicted octanol–water partition coefficient (Wildman–Crippen LogP) is 2.91. The molecule has 1 aliphatic carbocycles. The van der Waals surface area contributed by atoms with Crippen molar-refractivity contribution in [1.82, 2.24) is 5.32 Å². The third kappa shape index (κ3) is 2.82. The van der Waals surface area contributed by atoms with E-state index in [4.69, 9.17) is 4.74 Å². The Hall–Kier alpha value is -0.990. The van der Waals surface area contributed by atoms with E-state index in [1.54, 1.807) is 6.08 Å². The van der Waals surface area contributed by atoms with Crippen molar-refractivity contribution in [2.24, 2.45) is 0 Å². The molecule has 0 saturated heterocycles. The summed E-state index contributed by atoms with van der Waals surface area (Å²) in [6.45, 7) is 6.34. The maximum Gasteiger partial charge on any atom is 0.333 e. The molecule has 0 amide bonds. The van der Waals surface area contributed by atoms with Crippen LogP contribution in [0.25, 0.3) is 0 Å². The summed E-state index contributed by atoms with van der Waals surface area (Å²) in [5.74, 6) is -0.182. The minimum Gasteiger partial charge on any atom is -0.449 e. The average Bonchev–Trinajstić information content (AvgIpc) is 2.37. The van der Waals surface area contributed by atoms with E-state index in [1.807, 2.05) is 0 Å². The molecule has 1 aliphatic heterocycles. The molecule has 0 aromatic carbocycles. The molecule has 3 nitrogen and oxygen atoms in total. The van der Waals surface area contributed by atoms with Gasteiger partial charge in [-0.1, -0.05) is 12.8 Å². The monoisotopic (exact) mass is 237 g/mol. The van der Waals surface area contributed by atoms with Gasteiger partial charge in [-0.25, -0.2) is 4.79 Å². The van der Waals surface area contributed by atoms with Crippen molar-refractivity contribution in [3.05, 3.63) is 11.8 Å². The van der Waals surface area contributed by atoms with Crippen molar-refractivity contribution < 1.29 is 9.53 Å². The lowest BCUT2D eigenvalue weighted by Gasteiger charge is -2.34. The fourth-order valence-corrected chi connectivity index (χ4v) is 2.75. The zero-order valence-electron chi connectivity index (χ0n) is 11.1. The van der Waals surface area contributed by atoms with Gasteiger partial charge in [0.1, 0.15) is 0 Å². The molecule has 0 radical (unpaired) electrons. The number of carbonyl (C=O) groups is 1. The van der Waals surface area contributed by atoms with Crippen molar-refractivity contribution in [3.63, 3.8) is 0 Å². The first-order valence-corrected chi connectivity index (χ1v) is 6.65. The molecular formula is C14H23NO2. The van der Waals surface area contributed by atoms with Gasteiger partial charge < -0.3 is 10.1 Å². The molecule has 2 aliphatic rings. The minimum absolute atomic E-state index is 0.0287. The molecule has 1 spiro atoms. The fourth-order valence-electron chi connectivity index (χ4n) is 2.75. The first-order chi connectivity index (χ1) is 7.91. The Bertz CT molecular complexity index is 331. The average molecular weight is 237 g/mol. The van der Waals surface area contributed by atoms with E-state index in [2.05, 4.69) is 26.1 Å². The van der Waals surface area contributed by atoms with Gasteiger partial charge in [-0.05, 0) is 46.5 Å². The summed E-state index contributed by atoms with van der Waals surface area (Å²) in [6, 6.07) is 0. The van der Waals surface area contributed by atoms with Crippen LogP contribution in [0.4, 0.5) is 0 Å². The minimum atomic E-state index is -0.346. The van der Waals surface area contributed by atoms with Gasteiger partial charge in [0.25, 0.3) is 0 Å². The Labute approximate surface area is 104 Å². The van der Waals surface area contributed by atoms with Crippen LogP contribution in [-0.2, 0) is 9.53 Å². The van der Waals surface area contributed by atoms with E-state index >= 15 is 0 Å². The molecule has 0 bridgehead atoms. The Balaban J connectivity index is 2.20. The molecule has 0 aromatic heterocycles. The zero-order valence-corrected chi connectivity index (χ0v) is 11.1. The van der Waals surface area contributed by atoms with Crippen LogP contribution in [0.2, 0.25) is 0 Å². The van der Waals surface area contributed by atoms with E-state index in [0.717, 1.165) is 31.4 Å². The van der Waals surface area contributed by atoms with Gasteiger partial charge in [-0.15, -0.1) is 0 Å². The van der Waals surface area contributed by atoms with Crippen molar-refractivity contribution in [2.75, 3.05) is 0 Å². The standard InChI is InChI=1S/C14H23NO2/c1-13(2,3)15-11-10-12(16)17-14(11)8-6-4-5-7-9-14/h10,15H,4-9H2,1-3H3. The summed E-state index contributed by atoms with van der Waals surface area (Å²) in [5, 5.41) is 3.45. The lowest BCUT2D eigenvalue weighted by molar-refractivity contribution is -0.147. The Morgan fingerprint density at radius 2 is 1.76 bits per heavy atom. The predicted molar refractivity (Wildman–Crippen MR) is 67.5 cm³/mol. The van der Waals surface area contributed by atoms with Gasteiger partial charge in [-0.2, -0.15) is 0 Å². The number of ether oxygens (including phenoxy) is 1. The molecule has 1 saturated carbocycles. The quantitative estimate of drug-likeness (QED) is 0.713. The number of carbonyl (C=O) groups excluding carboxylic acids is 1. The van der Waals surface area contributed by atoms with Gasteiger partial charge in [0, 0.05) is 11.6 Å². The second kappa shape index (κ2) is 4.35. The second-order valence-electron chi connectivity index (χ2n) is 6.26. The summed E-state index contributed by atoms with van der Waals surface area (Å²) in [6.07, 6.45) is 8.38.